The number of amides is 1. The third-order valence-electron chi connectivity index (χ3n) is 3.96. The number of carbonyl (C=O) groups excluding carboxylic acids is 1. The summed E-state index contributed by atoms with van der Waals surface area (Å²) in [7, 11) is 1.71. The van der Waals surface area contributed by atoms with Crippen LogP contribution in [0.2, 0.25) is 0 Å². The Labute approximate surface area is 180 Å². The Morgan fingerprint density at radius 3 is 2.44 bits per heavy atom. The molecule has 1 fully saturated rings. The van der Waals surface area contributed by atoms with Crippen LogP contribution in [-0.2, 0) is 14.2 Å². The van der Waals surface area contributed by atoms with Gasteiger partial charge < -0.3 is 24.8 Å². The van der Waals surface area contributed by atoms with Gasteiger partial charge in [0.2, 0.25) is 0 Å². The van der Waals surface area contributed by atoms with Crippen LogP contribution in [0.1, 0.15) is 48.5 Å². The molecule has 27 heavy (non-hydrogen) atoms. The number of hydrogen-bond acceptors (Lipinski definition) is 5. The Balaban J connectivity index is 0.00000676. The molecule has 1 saturated heterocycles. The third-order valence-corrected chi connectivity index (χ3v) is 3.96. The molecule has 1 amide bonds. The predicted molar refractivity (Wildman–Crippen MR) is 118 cm³/mol. The number of hydrogen-bond donors (Lipinski definition) is 2. The van der Waals surface area contributed by atoms with Gasteiger partial charge >= 0.3 is 6.09 Å². The number of nitrogens with zero attached hydrogens (tertiary/aromatic N) is 2. The number of ether oxygens (including phenoxy) is 3. The van der Waals surface area contributed by atoms with Crippen LogP contribution in [0.25, 0.3) is 0 Å². The molecule has 8 nitrogen and oxygen atoms in total. The predicted octanol–water partition coefficient (Wildman–Crippen LogP) is 2.57. The third kappa shape index (κ3) is 8.39. The van der Waals surface area contributed by atoms with Gasteiger partial charge in [-0.3, -0.25) is 9.89 Å². The minimum atomic E-state index is -0.736. The largest absolute Gasteiger partial charge is 0.444 e. The van der Waals surface area contributed by atoms with E-state index in [1.807, 2.05) is 48.5 Å². The van der Waals surface area contributed by atoms with Crippen molar-refractivity contribution in [3.63, 3.8) is 0 Å². The number of aliphatic imine (C=N–C) groups is 1. The molecule has 2 atom stereocenters. The quantitative estimate of drug-likeness (QED) is 0.253. The van der Waals surface area contributed by atoms with Gasteiger partial charge in [0, 0.05) is 26.7 Å². The summed E-state index contributed by atoms with van der Waals surface area (Å²) in [5.74, 6) is 0.658. The second kappa shape index (κ2) is 11.3. The van der Waals surface area contributed by atoms with Crippen molar-refractivity contribution < 1.29 is 19.0 Å². The molecule has 1 aliphatic heterocycles. The monoisotopic (exact) mass is 500 g/mol. The van der Waals surface area contributed by atoms with Crippen molar-refractivity contribution in [2.75, 3.05) is 33.4 Å². The highest BCUT2D eigenvalue weighted by atomic mass is 127. The Morgan fingerprint density at radius 1 is 1.30 bits per heavy atom. The van der Waals surface area contributed by atoms with Crippen molar-refractivity contribution in [1.29, 1.82) is 0 Å². The van der Waals surface area contributed by atoms with Gasteiger partial charge in [-0.25, -0.2) is 4.79 Å². The molecule has 0 saturated carbocycles. The minimum absolute atomic E-state index is 0. The maximum Gasteiger partial charge on any atom is 0.412 e. The van der Waals surface area contributed by atoms with E-state index in [4.69, 9.17) is 14.2 Å². The van der Waals surface area contributed by atoms with Gasteiger partial charge in [0.05, 0.1) is 18.8 Å². The first-order chi connectivity index (χ1) is 12.0. The highest BCUT2D eigenvalue weighted by Crippen LogP contribution is 2.33. The highest BCUT2D eigenvalue weighted by Gasteiger charge is 2.49. The van der Waals surface area contributed by atoms with Gasteiger partial charge in [0.15, 0.2) is 5.96 Å². The smallest absolute Gasteiger partial charge is 0.412 e. The zero-order valence-corrected chi connectivity index (χ0v) is 20.2. The van der Waals surface area contributed by atoms with Gasteiger partial charge in [-0.05, 0) is 48.5 Å². The van der Waals surface area contributed by atoms with E-state index in [-0.39, 0.29) is 42.2 Å². The summed E-state index contributed by atoms with van der Waals surface area (Å²) >= 11 is 0. The Kier molecular flexibility index (Phi) is 10.9. The number of carbonyl (C=O) groups is 1. The summed E-state index contributed by atoms with van der Waals surface area (Å²) in [6.07, 6.45) is -0.510. The lowest BCUT2D eigenvalue weighted by Gasteiger charge is -2.35. The Bertz CT molecular complexity index is 494. The molecule has 0 spiro atoms. The van der Waals surface area contributed by atoms with E-state index in [0.717, 1.165) is 0 Å². The molecule has 160 valence electrons. The maximum absolute atomic E-state index is 12.7. The first-order valence-electron chi connectivity index (χ1n) is 9.24. The maximum atomic E-state index is 12.7. The summed E-state index contributed by atoms with van der Waals surface area (Å²) in [5.41, 5.74) is -1.30. The van der Waals surface area contributed by atoms with E-state index < -0.39 is 11.3 Å². The Hall–Kier alpha value is -0.810. The molecule has 0 aromatic rings. The lowest BCUT2D eigenvalue weighted by atomic mass is 10.1. The number of halogens is 1. The number of nitrogens with one attached hydrogen (secondary N) is 2. The van der Waals surface area contributed by atoms with Crippen molar-refractivity contribution in [2.24, 2.45) is 4.99 Å². The second-order valence-corrected chi connectivity index (χ2v) is 7.76. The number of rotatable bonds is 6. The molecule has 9 heteroatoms. The molecular weight excluding hydrogens is 463 g/mol. The lowest BCUT2D eigenvalue weighted by Crippen LogP contribution is -2.54. The van der Waals surface area contributed by atoms with Crippen molar-refractivity contribution in [3.8, 4) is 0 Å². The van der Waals surface area contributed by atoms with Gasteiger partial charge in [0.1, 0.15) is 11.3 Å². The van der Waals surface area contributed by atoms with E-state index in [0.29, 0.717) is 32.3 Å². The van der Waals surface area contributed by atoms with Crippen LogP contribution in [0.5, 0.6) is 0 Å². The molecule has 1 aliphatic rings. The van der Waals surface area contributed by atoms with E-state index in [9.17, 15) is 4.79 Å². The zero-order chi connectivity index (χ0) is 20.0. The van der Waals surface area contributed by atoms with Gasteiger partial charge in [-0.15, -0.1) is 24.0 Å². The topological polar surface area (TPSA) is 84.4 Å². The van der Waals surface area contributed by atoms with Crippen LogP contribution in [0.15, 0.2) is 4.99 Å². The van der Waals surface area contributed by atoms with E-state index in [1.165, 1.54) is 0 Å². The van der Waals surface area contributed by atoms with Crippen LogP contribution in [0.3, 0.4) is 0 Å². The van der Waals surface area contributed by atoms with Crippen LogP contribution >= 0.6 is 24.0 Å². The highest BCUT2D eigenvalue weighted by molar-refractivity contribution is 14.0. The average Bonchev–Trinajstić information content (AvgIpc) is 2.73. The van der Waals surface area contributed by atoms with Crippen molar-refractivity contribution >= 4 is 36.0 Å². The standard InChI is InChI=1S/C18H36N4O4.HI/c1-9-24-11-10-20-15(19-8)21-12-14-13(2)25-18(6,7)22(14)16(23)26-17(3,4)5;/h13-14H,9-12H2,1-8H3,(H2,19,20,21);1H. The first-order valence-corrected chi connectivity index (χ1v) is 9.24. The molecular formula is C18H37IN4O4. The minimum Gasteiger partial charge on any atom is -0.444 e. The summed E-state index contributed by atoms with van der Waals surface area (Å²) in [4.78, 5) is 18.6. The fourth-order valence-electron chi connectivity index (χ4n) is 2.93. The molecule has 1 heterocycles. The summed E-state index contributed by atoms with van der Waals surface area (Å²) in [6, 6.07) is -0.176. The number of guanidine groups is 1. The van der Waals surface area contributed by atoms with Gasteiger partial charge in [0.25, 0.3) is 0 Å². The molecule has 0 aromatic carbocycles. The van der Waals surface area contributed by atoms with E-state index >= 15 is 0 Å². The van der Waals surface area contributed by atoms with Crippen LogP contribution < -0.4 is 10.6 Å². The van der Waals surface area contributed by atoms with Crippen molar-refractivity contribution in [3.05, 3.63) is 0 Å². The van der Waals surface area contributed by atoms with Crippen LogP contribution in [0.4, 0.5) is 4.79 Å². The summed E-state index contributed by atoms with van der Waals surface area (Å²) in [6.45, 7) is 15.7. The normalized spacial score (nSPS) is 22.2. The molecule has 1 rings (SSSR count). The summed E-state index contributed by atoms with van der Waals surface area (Å²) in [5, 5.41) is 6.44. The second-order valence-electron chi connectivity index (χ2n) is 7.76. The zero-order valence-electron chi connectivity index (χ0n) is 17.9. The summed E-state index contributed by atoms with van der Waals surface area (Å²) < 4.78 is 16.9. The van der Waals surface area contributed by atoms with E-state index in [1.54, 1.807) is 11.9 Å². The molecule has 2 unspecified atom stereocenters. The molecule has 0 aromatic heterocycles. The average molecular weight is 500 g/mol. The van der Waals surface area contributed by atoms with Crippen LogP contribution in [-0.4, -0.2) is 73.8 Å². The fourth-order valence-corrected chi connectivity index (χ4v) is 2.93. The molecule has 0 radical (unpaired) electrons. The first kappa shape index (κ1) is 26.2. The Morgan fingerprint density at radius 2 is 1.93 bits per heavy atom. The SMILES string of the molecule is CCOCCNC(=NC)NCC1C(C)OC(C)(C)N1C(=O)OC(C)(C)C.I. The molecule has 0 aliphatic carbocycles. The van der Waals surface area contributed by atoms with Crippen molar-refractivity contribution in [1.82, 2.24) is 15.5 Å². The fraction of sp³-hybridized carbons (Fsp3) is 0.889. The van der Waals surface area contributed by atoms with E-state index in [2.05, 4.69) is 15.6 Å². The molecule has 2 N–H and O–H groups in total. The van der Waals surface area contributed by atoms with Gasteiger partial charge in [-0.1, -0.05) is 0 Å². The lowest BCUT2D eigenvalue weighted by molar-refractivity contribution is -0.0755. The van der Waals surface area contributed by atoms with Crippen molar-refractivity contribution in [2.45, 2.75) is 71.9 Å². The van der Waals surface area contributed by atoms with Crippen LogP contribution in [0, 0.1) is 0 Å². The molecule has 0 bridgehead atoms. The van der Waals surface area contributed by atoms with Gasteiger partial charge in [-0.2, -0.15) is 0 Å².